The van der Waals surface area contributed by atoms with Gasteiger partial charge in [0, 0.05) is 18.4 Å². The van der Waals surface area contributed by atoms with Crippen LogP contribution in [0, 0.1) is 0 Å². The van der Waals surface area contributed by atoms with Gasteiger partial charge in [-0.15, -0.1) is 23.1 Å². The molecule has 20 heavy (non-hydrogen) atoms. The summed E-state index contributed by atoms with van der Waals surface area (Å²) in [6.45, 7) is 1.92. The number of carbonyl (C=O) groups is 1. The zero-order chi connectivity index (χ0) is 14.4. The van der Waals surface area contributed by atoms with Crippen molar-refractivity contribution in [1.82, 2.24) is 10.5 Å². The Kier molecular flexibility index (Phi) is 5.63. The van der Waals surface area contributed by atoms with Crippen molar-refractivity contribution in [3.05, 3.63) is 29.3 Å². The number of rotatable bonds is 7. The Balaban J connectivity index is 1.73. The van der Waals surface area contributed by atoms with Crippen LogP contribution in [0.3, 0.4) is 0 Å². The molecular formula is C13H16N2O3S2. The molecule has 5 nitrogen and oxygen atoms in total. The summed E-state index contributed by atoms with van der Waals surface area (Å²) in [7, 11) is 0. The molecule has 0 aliphatic heterocycles. The van der Waals surface area contributed by atoms with Crippen LogP contribution >= 0.6 is 23.1 Å². The maximum Gasteiger partial charge on any atom is 0.230 e. The fourth-order valence-corrected chi connectivity index (χ4v) is 2.88. The van der Waals surface area contributed by atoms with Gasteiger partial charge in [-0.25, -0.2) is 0 Å². The van der Waals surface area contributed by atoms with E-state index in [0.29, 0.717) is 11.5 Å². The van der Waals surface area contributed by atoms with E-state index in [9.17, 15) is 4.79 Å². The van der Waals surface area contributed by atoms with E-state index >= 15 is 0 Å². The summed E-state index contributed by atoms with van der Waals surface area (Å²) in [6.07, 6.45) is -0.521. The number of nitrogens with zero attached hydrogens (tertiary/aromatic N) is 1. The van der Waals surface area contributed by atoms with Crippen LogP contribution in [0.15, 0.2) is 28.1 Å². The van der Waals surface area contributed by atoms with E-state index in [1.54, 1.807) is 18.3 Å². The summed E-state index contributed by atoms with van der Waals surface area (Å²) in [6, 6.07) is 5.83. The third-order valence-corrected chi connectivity index (χ3v) is 4.25. The SMILES string of the molecule is CC(O)CNC(=O)CSCc1cc(-c2cccs2)on1. The molecule has 0 bridgehead atoms. The van der Waals surface area contributed by atoms with Crippen LogP contribution in [-0.4, -0.2) is 34.6 Å². The first kappa shape index (κ1) is 15.1. The van der Waals surface area contributed by atoms with Crippen molar-refractivity contribution < 1.29 is 14.4 Å². The predicted molar refractivity (Wildman–Crippen MR) is 80.7 cm³/mol. The van der Waals surface area contributed by atoms with Crippen LogP contribution in [0.5, 0.6) is 0 Å². The van der Waals surface area contributed by atoms with Gasteiger partial charge < -0.3 is 14.9 Å². The van der Waals surface area contributed by atoms with E-state index in [1.807, 2.05) is 23.6 Å². The number of hydrogen-bond donors (Lipinski definition) is 2. The van der Waals surface area contributed by atoms with E-state index in [1.165, 1.54) is 11.8 Å². The van der Waals surface area contributed by atoms with E-state index in [0.717, 1.165) is 16.3 Å². The van der Waals surface area contributed by atoms with Gasteiger partial charge in [0.25, 0.3) is 0 Å². The minimum atomic E-state index is -0.521. The third-order valence-electron chi connectivity index (χ3n) is 2.40. The van der Waals surface area contributed by atoms with E-state index in [-0.39, 0.29) is 12.5 Å². The lowest BCUT2D eigenvalue weighted by Crippen LogP contribution is -2.31. The van der Waals surface area contributed by atoms with Crippen molar-refractivity contribution in [1.29, 1.82) is 0 Å². The zero-order valence-corrected chi connectivity index (χ0v) is 12.7. The van der Waals surface area contributed by atoms with Crippen LogP contribution in [-0.2, 0) is 10.5 Å². The van der Waals surface area contributed by atoms with Gasteiger partial charge in [0.05, 0.1) is 22.4 Å². The molecule has 2 heterocycles. The number of nitrogens with one attached hydrogen (secondary N) is 1. The van der Waals surface area contributed by atoms with Crippen molar-refractivity contribution >= 4 is 29.0 Å². The summed E-state index contributed by atoms with van der Waals surface area (Å²) in [5.74, 6) is 1.64. The maximum absolute atomic E-state index is 11.4. The minimum absolute atomic E-state index is 0.0853. The molecule has 2 N–H and O–H groups in total. The third kappa shape index (κ3) is 4.66. The second-order valence-corrected chi connectivity index (χ2v) is 6.24. The maximum atomic E-state index is 11.4. The summed E-state index contributed by atoms with van der Waals surface area (Å²) in [4.78, 5) is 12.5. The molecule has 2 aromatic rings. The molecule has 1 amide bonds. The van der Waals surface area contributed by atoms with Gasteiger partial charge in [-0.05, 0) is 18.4 Å². The Hall–Kier alpha value is -1.31. The number of hydrogen-bond acceptors (Lipinski definition) is 6. The Labute approximate surface area is 125 Å². The number of thioether (sulfide) groups is 1. The highest BCUT2D eigenvalue weighted by molar-refractivity contribution is 7.99. The standard InChI is InChI=1S/C13H16N2O3S2/c1-9(16)6-14-13(17)8-19-7-10-5-11(18-15-10)12-3-2-4-20-12/h2-5,9,16H,6-8H2,1H3,(H,14,17). The molecule has 1 atom stereocenters. The number of carbonyl (C=O) groups excluding carboxylic acids is 1. The van der Waals surface area contributed by atoms with Crippen molar-refractivity contribution in [2.45, 2.75) is 18.8 Å². The Morgan fingerprint density at radius 3 is 3.20 bits per heavy atom. The lowest BCUT2D eigenvalue weighted by atomic mass is 10.3. The van der Waals surface area contributed by atoms with Gasteiger partial charge in [0.2, 0.25) is 5.91 Å². The molecule has 0 radical (unpaired) electrons. The molecule has 0 spiro atoms. The van der Waals surface area contributed by atoms with Crippen LogP contribution < -0.4 is 5.32 Å². The Morgan fingerprint density at radius 1 is 1.65 bits per heavy atom. The summed E-state index contributed by atoms with van der Waals surface area (Å²) in [5.41, 5.74) is 0.821. The van der Waals surface area contributed by atoms with Gasteiger partial charge in [-0.2, -0.15) is 0 Å². The minimum Gasteiger partial charge on any atom is -0.392 e. The first-order valence-electron chi connectivity index (χ1n) is 6.17. The molecule has 7 heteroatoms. The predicted octanol–water partition coefficient (Wildman–Crippen LogP) is 2.13. The largest absolute Gasteiger partial charge is 0.392 e. The molecule has 1 unspecified atom stereocenters. The normalized spacial score (nSPS) is 12.3. The number of aliphatic hydroxyl groups is 1. The fourth-order valence-electron chi connectivity index (χ4n) is 1.48. The first-order valence-corrected chi connectivity index (χ1v) is 8.20. The molecule has 0 aliphatic rings. The van der Waals surface area contributed by atoms with Crippen molar-refractivity contribution in [3.63, 3.8) is 0 Å². The number of thiophene rings is 1. The highest BCUT2D eigenvalue weighted by Crippen LogP contribution is 2.26. The molecule has 0 aromatic carbocycles. The lowest BCUT2D eigenvalue weighted by Gasteiger charge is -2.05. The van der Waals surface area contributed by atoms with Gasteiger partial charge in [0.15, 0.2) is 5.76 Å². The van der Waals surface area contributed by atoms with E-state index < -0.39 is 6.10 Å². The summed E-state index contributed by atoms with van der Waals surface area (Å²) in [5, 5.41) is 17.7. The lowest BCUT2D eigenvalue weighted by molar-refractivity contribution is -0.118. The smallest absolute Gasteiger partial charge is 0.230 e. The highest BCUT2D eigenvalue weighted by atomic mass is 32.2. The van der Waals surface area contributed by atoms with Crippen LogP contribution in [0.4, 0.5) is 0 Å². The van der Waals surface area contributed by atoms with Crippen LogP contribution in [0.25, 0.3) is 10.6 Å². The quantitative estimate of drug-likeness (QED) is 0.819. The molecule has 2 aromatic heterocycles. The molecule has 2 rings (SSSR count). The van der Waals surface area contributed by atoms with E-state index in [2.05, 4.69) is 10.5 Å². The Morgan fingerprint density at radius 2 is 2.50 bits per heavy atom. The van der Waals surface area contributed by atoms with Gasteiger partial charge >= 0.3 is 0 Å². The molecule has 0 aliphatic carbocycles. The molecule has 108 valence electrons. The summed E-state index contributed by atoms with van der Waals surface area (Å²) >= 11 is 3.06. The highest BCUT2D eigenvalue weighted by Gasteiger charge is 2.09. The molecular weight excluding hydrogens is 296 g/mol. The Bertz CT molecular complexity index is 538. The van der Waals surface area contributed by atoms with Crippen LogP contribution in [0.2, 0.25) is 0 Å². The van der Waals surface area contributed by atoms with E-state index in [4.69, 9.17) is 9.63 Å². The monoisotopic (exact) mass is 312 g/mol. The zero-order valence-electron chi connectivity index (χ0n) is 11.0. The second-order valence-electron chi connectivity index (χ2n) is 4.31. The van der Waals surface area contributed by atoms with Gasteiger partial charge in [0.1, 0.15) is 0 Å². The van der Waals surface area contributed by atoms with Crippen molar-refractivity contribution in [2.75, 3.05) is 12.3 Å². The first-order chi connectivity index (χ1) is 9.65. The topological polar surface area (TPSA) is 75.4 Å². The summed E-state index contributed by atoms with van der Waals surface area (Å²) < 4.78 is 5.26. The number of aromatic nitrogens is 1. The molecule has 0 fully saturated rings. The molecule has 0 saturated heterocycles. The van der Waals surface area contributed by atoms with Crippen molar-refractivity contribution in [2.24, 2.45) is 0 Å². The fraction of sp³-hybridized carbons (Fsp3) is 0.385. The number of amides is 1. The van der Waals surface area contributed by atoms with Gasteiger partial charge in [-0.3, -0.25) is 4.79 Å². The second kappa shape index (κ2) is 7.47. The average molecular weight is 312 g/mol. The van der Waals surface area contributed by atoms with Crippen LogP contribution in [0.1, 0.15) is 12.6 Å². The van der Waals surface area contributed by atoms with Gasteiger partial charge in [-0.1, -0.05) is 11.2 Å². The van der Waals surface area contributed by atoms with Crippen molar-refractivity contribution in [3.8, 4) is 10.6 Å². The average Bonchev–Trinajstić information content (AvgIpc) is 3.06. The number of aliphatic hydroxyl groups excluding tert-OH is 1. The molecule has 0 saturated carbocycles.